The molecule has 3 heterocycles. The van der Waals surface area contributed by atoms with E-state index in [-0.39, 0.29) is 47.1 Å². The van der Waals surface area contributed by atoms with Crippen molar-refractivity contribution in [3.63, 3.8) is 0 Å². The van der Waals surface area contributed by atoms with Gasteiger partial charge in [-0.2, -0.15) is 5.10 Å². The minimum absolute atomic E-state index is 0. The first kappa shape index (κ1) is 29.0. The normalized spacial score (nSPS) is 13.7. The molecule has 0 saturated heterocycles. The fourth-order valence-electron chi connectivity index (χ4n) is 4.60. The van der Waals surface area contributed by atoms with Crippen LogP contribution in [0.2, 0.25) is 0 Å². The van der Waals surface area contributed by atoms with E-state index in [1.54, 1.807) is 17.8 Å². The van der Waals surface area contributed by atoms with Crippen LogP contribution < -0.4 is 44.7 Å². The summed E-state index contributed by atoms with van der Waals surface area (Å²) in [5, 5.41) is 30.0. The minimum atomic E-state index is -1.17. The Labute approximate surface area is 240 Å². The zero-order valence-electron chi connectivity index (χ0n) is 22.5. The monoisotopic (exact) mass is 514 g/mol. The predicted octanol–water partition coefficient (Wildman–Crippen LogP) is 0.268. The number of aromatic hydroxyl groups is 1. The van der Waals surface area contributed by atoms with Gasteiger partial charge in [0.25, 0.3) is 0 Å². The number of rotatable bonds is 9. The Bertz CT molecular complexity index is 1240. The number of nitrogens with one attached hydrogen (secondary N) is 1. The first-order valence-electron chi connectivity index (χ1n) is 12.5. The first-order chi connectivity index (χ1) is 17.1. The standard InChI is InChI=1S/C28H36N4O4.Na/c1-28(2,3)20-8-10-24(33)23(16-20)19(15-26(34)35)14-22-17-25(32(4)31-22)36-13-11-21-9-7-18-6-5-12-29-27(18)30-21;/h7-10,16-17,19,33H,5-6,11-15H2,1-4H3,(H,29,30)(H,34,35);/q;+1/p-1. The van der Waals surface area contributed by atoms with Gasteiger partial charge in [-0.15, -0.1) is 0 Å². The van der Waals surface area contributed by atoms with Gasteiger partial charge in [0, 0.05) is 37.7 Å². The summed E-state index contributed by atoms with van der Waals surface area (Å²) in [5.74, 6) is 0.00112. The number of carbonyl (C=O) groups excluding carboxylic acids is 1. The molecular weight excluding hydrogens is 479 g/mol. The molecule has 0 amide bonds. The van der Waals surface area contributed by atoms with Crippen LogP contribution in [-0.2, 0) is 36.5 Å². The van der Waals surface area contributed by atoms with Crippen LogP contribution in [0.5, 0.6) is 11.6 Å². The van der Waals surface area contributed by atoms with Crippen LogP contribution in [0.1, 0.15) is 67.6 Å². The number of phenolic OH excluding ortho intramolecular Hbond substituents is 1. The van der Waals surface area contributed by atoms with Crippen LogP contribution in [0.4, 0.5) is 5.82 Å². The fourth-order valence-corrected chi connectivity index (χ4v) is 4.60. The maximum atomic E-state index is 11.6. The molecule has 3 aromatic rings. The molecule has 0 radical (unpaired) electrons. The van der Waals surface area contributed by atoms with Crippen LogP contribution in [0.15, 0.2) is 36.4 Å². The number of phenols is 1. The molecule has 0 fully saturated rings. The zero-order valence-corrected chi connectivity index (χ0v) is 24.5. The number of hydrogen-bond donors (Lipinski definition) is 2. The van der Waals surface area contributed by atoms with Crippen molar-refractivity contribution in [1.29, 1.82) is 0 Å². The number of carboxylic acids is 1. The number of aromatic nitrogens is 3. The molecule has 0 aliphatic carbocycles. The molecular formula is C28H35N4NaO4. The third-order valence-electron chi connectivity index (χ3n) is 6.65. The van der Waals surface area contributed by atoms with Gasteiger partial charge >= 0.3 is 29.6 Å². The second-order valence-corrected chi connectivity index (χ2v) is 10.5. The summed E-state index contributed by atoms with van der Waals surface area (Å²) < 4.78 is 7.63. The molecule has 9 heteroatoms. The molecule has 0 bridgehead atoms. The summed E-state index contributed by atoms with van der Waals surface area (Å²) in [6, 6.07) is 11.4. The molecule has 2 N–H and O–H groups in total. The van der Waals surface area contributed by atoms with Crippen LogP contribution in [0.3, 0.4) is 0 Å². The van der Waals surface area contributed by atoms with Gasteiger partial charge in [0.15, 0.2) is 0 Å². The van der Waals surface area contributed by atoms with E-state index in [2.05, 4.69) is 37.3 Å². The number of carboxylic acid groups (broad SMARTS) is 1. The van der Waals surface area contributed by atoms with Crippen molar-refractivity contribution >= 4 is 11.8 Å². The van der Waals surface area contributed by atoms with E-state index in [0.717, 1.165) is 36.5 Å². The molecule has 0 spiro atoms. The predicted molar refractivity (Wildman–Crippen MR) is 136 cm³/mol. The van der Waals surface area contributed by atoms with Crippen molar-refractivity contribution in [3.8, 4) is 11.6 Å². The minimum Gasteiger partial charge on any atom is -0.550 e. The first-order valence-corrected chi connectivity index (χ1v) is 12.5. The van der Waals surface area contributed by atoms with E-state index in [9.17, 15) is 15.0 Å². The fraction of sp³-hybridized carbons (Fsp3) is 0.464. The van der Waals surface area contributed by atoms with Crippen molar-refractivity contribution < 1.29 is 49.3 Å². The second kappa shape index (κ2) is 12.3. The SMILES string of the molecule is Cn1nc(CC(CC(=O)[O-])c2cc(C(C)(C)C)ccc2O)cc1OCCc1ccc2c(n1)NCCC2.[Na+]. The maximum absolute atomic E-state index is 11.6. The van der Waals surface area contributed by atoms with E-state index in [0.29, 0.717) is 36.6 Å². The van der Waals surface area contributed by atoms with E-state index >= 15 is 0 Å². The van der Waals surface area contributed by atoms with Gasteiger partial charge in [-0.1, -0.05) is 39.0 Å². The topological polar surface area (TPSA) is 112 Å². The van der Waals surface area contributed by atoms with Crippen LogP contribution >= 0.6 is 0 Å². The zero-order chi connectivity index (χ0) is 25.9. The van der Waals surface area contributed by atoms with Crippen LogP contribution in [0, 0.1) is 0 Å². The molecule has 192 valence electrons. The van der Waals surface area contributed by atoms with Crippen molar-refractivity contribution in [3.05, 3.63) is 64.5 Å². The number of aryl methyl sites for hydroxylation is 2. The summed E-state index contributed by atoms with van der Waals surface area (Å²) in [4.78, 5) is 16.3. The average Bonchev–Trinajstić information content (AvgIpc) is 3.16. The summed E-state index contributed by atoms with van der Waals surface area (Å²) in [5.41, 5.74) is 4.39. The Morgan fingerprint density at radius 1 is 1.22 bits per heavy atom. The number of aliphatic carboxylic acids is 1. The van der Waals surface area contributed by atoms with Crippen molar-refractivity contribution in [2.24, 2.45) is 7.05 Å². The molecule has 1 aliphatic rings. The van der Waals surface area contributed by atoms with Gasteiger partial charge in [-0.3, -0.25) is 0 Å². The molecule has 1 aliphatic heterocycles. The van der Waals surface area contributed by atoms with E-state index in [1.807, 2.05) is 24.3 Å². The van der Waals surface area contributed by atoms with Crippen LogP contribution in [-0.4, -0.2) is 39.0 Å². The summed E-state index contributed by atoms with van der Waals surface area (Å²) in [7, 11) is 1.80. The summed E-state index contributed by atoms with van der Waals surface area (Å²) in [6.07, 6.45) is 2.97. The average molecular weight is 515 g/mol. The number of benzene rings is 1. The quantitative estimate of drug-likeness (QED) is 0.394. The Morgan fingerprint density at radius 2 is 2.00 bits per heavy atom. The molecule has 1 atom stereocenters. The van der Waals surface area contributed by atoms with Gasteiger partial charge in [-0.05, 0) is 65.8 Å². The number of pyridine rings is 1. The third-order valence-corrected chi connectivity index (χ3v) is 6.65. The molecule has 2 aromatic heterocycles. The van der Waals surface area contributed by atoms with Gasteiger partial charge in [0.2, 0.25) is 5.88 Å². The third kappa shape index (κ3) is 7.49. The molecule has 1 unspecified atom stereocenters. The molecule has 8 nitrogen and oxygen atoms in total. The number of hydrogen-bond acceptors (Lipinski definition) is 7. The largest absolute Gasteiger partial charge is 1.00 e. The maximum Gasteiger partial charge on any atom is 1.00 e. The van der Waals surface area contributed by atoms with E-state index in [1.165, 1.54) is 5.56 Å². The molecule has 37 heavy (non-hydrogen) atoms. The van der Waals surface area contributed by atoms with E-state index in [4.69, 9.17) is 9.72 Å². The Hall–Kier alpha value is -2.55. The van der Waals surface area contributed by atoms with E-state index < -0.39 is 11.9 Å². The smallest absolute Gasteiger partial charge is 0.550 e. The second-order valence-electron chi connectivity index (χ2n) is 10.5. The van der Waals surface area contributed by atoms with Gasteiger partial charge in [0.05, 0.1) is 12.3 Å². The number of anilines is 1. The van der Waals surface area contributed by atoms with Crippen molar-refractivity contribution in [2.75, 3.05) is 18.5 Å². The molecule has 0 saturated carbocycles. The van der Waals surface area contributed by atoms with Crippen molar-refractivity contribution in [1.82, 2.24) is 14.8 Å². The van der Waals surface area contributed by atoms with Gasteiger partial charge < -0.3 is 25.1 Å². The molecule has 1 aromatic carbocycles. The van der Waals surface area contributed by atoms with Gasteiger partial charge in [-0.25, -0.2) is 9.67 Å². The van der Waals surface area contributed by atoms with Gasteiger partial charge in [0.1, 0.15) is 11.6 Å². The Balaban J connectivity index is 0.00000380. The Morgan fingerprint density at radius 3 is 2.73 bits per heavy atom. The number of fused-ring (bicyclic) bond motifs is 1. The van der Waals surface area contributed by atoms with Crippen molar-refractivity contribution in [2.45, 2.75) is 64.2 Å². The number of ether oxygens (including phenoxy) is 1. The Kier molecular flexibility index (Phi) is 9.67. The summed E-state index contributed by atoms with van der Waals surface area (Å²) >= 11 is 0. The number of carbonyl (C=O) groups is 1. The molecule has 4 rings (SSSR count). The summed E-state index contributed by atoms with van der Waals surface area (Å²) in [6.45, 7) is 7.64. The number of nitrogens with zero attached hydrogens (tertiary/aromatic N) is 3. The van der Waals surface area contributed by atoms with Crippen LogP contribution in [0.25, 0.3) is 0 Å².